The van der Waals surface area contributed by atoms with Crippen molar-refractivity contribution in [2.75, 3.05) is 11.7 Å². The lowest BCUT2D eigenvalue weighted by Gasteiger charge is -2.14. The average Bonchev–Trinajstić information content (AvgIpc) is 2.61. The van der Waals surface area contributed by atoms with Crippen LogP contribution in [0.4, 0.5) is 5.69 Å². The lowest BCUT2D eigenvalue weighted by molar-refractivity contribution is -0.119. The molecule has 1 fully saturated rings. The molecule has 0 bridgehead atoms. The number of benzene rings is 1. The number of para-hydroxylation sites is 1. The van der Waals surface area contributed by atoms with Crippen LogP contribution in [0.1, 0.15) is 6.42 Å². The maximum atomic E-state index is 11.4. The van der Waals surface area contributed by atoms with Crippen LogP contribution in [0.3, 0.4) is 0 Å². The second kappa shape index (κ2) is 3.77. The van der Waals surface area contributed by atoms with E-state index in [1.54, 1.807) is 12.1 Å². The fourth-order valence-electron chi connectivity index (χ4n) is 1.39. The summed E-state index contributed by atoms with van der Waals surface area (Å²) in [4.78, 5) is 16.7. The molecule has 0 spiro atoms. The van der Waals surface area contributed by atoms with Crippen molar-refractivity contribution < 1.29 is 14.7 Å². The summed E-state index contributed by atoms with van der Waals surface area (Å²) in [5.41, 5.74) is 0.702. The molecule has 1 unspecified atom stereocenters. The molecule has 1 N–H and O–H groups in total. The summed E-state index contributed by atoms with van der Waals surface area (Å²) in [6.45, 7) is -0.130. The Labute approximate surface area is 81.7 Å². The predicted octanol–water partition coefficient (Wildman–Crippen LogP) is 0.716. The van der Waals surface area contributed by atoms with Crippen molar-refractivity contribution in [1.29, 1.82) is 0 Å². The predicted molar refractivity (Wildman–Crippen MR) is 50.5 cm³/mol. The molecule has 1 aliphatic heterocycles. The quantitative estimate of drug-likeness (QED) is 0.752. The molecule has 1 aromatic rings. The molecule has 0 aromatic heterocycles. The van der Waals surface area contributed by atoms with E-state index in [4.69, 9.17) is 9.94 Å². The Hall–Kier alpha value is -1.39. The average molecular weight is 193 g/mol. The number of nitrogens with zero attached hydrogens (tertiary/aromatic N) is 1. The van der Waals surface area contributed by atoms with Crippen molar-refractivity contribution in [2.45, 2.75) is 12.5 Å². The van der Waals surface area contributed by atoms with Crippen molar-refractivity contribution in [2.24, 2.45) is 0 Å². The van der Waals surface area contributed by atoms with Gasteiger partial charge in [-0.15, -0.1) is 0 Å². The van der Waals surface area contributed by atoms with E-state index < -0.39 is 6.10 Å². The number of anilines is 1. The van der Waals surface area contributed by atoms with E-state index >= 15 is 0 Å². The second-order valence-corrected chi connectivity index (χ2v) is 3.14. The summed E-state index contributed by atoms with van der Waals surface area (Å²) in [5, 5.41) is 10.1. The molecular weight excluding hydrogens is 182 g/mol. The minimum absolute atomic E-state index is 0.116. The van der Waals surface area contributed by atoms with Crippen molar-refractivity contribution in [1.82, 2.24) is 0 Å². The first-order valence-electron chi connectivity index (χ1n) is 4.47. The van der Waals surface area contributed by atoms with E-state index in [1.165, 1.54) is 5.06 Å². The van der Waals surface area contributed by atoms with Crippen LogP contribution in [0.2, 0.25) is 0 Å². The highest BCUT2D eigenvalue weighted by molar-refractivity contribution is 5.93. The minimum Gasteiger partial charge on any atom is -0.394 e. The molecule has 74 valence electrons. The van der Waals surface area contributed by atoms with Gasteiger partial charge in [0.25, 0.3) is 5.91 Å². The van der Waals surface area contributed by atoms with Crippen LogP contribution in [0.5, 0.6) is 0 Å². The number of hydroxylamine groups is 1. The molecule has 4 nitrogen and oxygen atoms in total. The first-order chi connectivity index (χ1) is 6.81. The fourth-order valence-corrected chi connectivity index (χ4v) is 1.39. The normalized spacial score (nSPS) is 21.6. The van der Waals surface area contributed by atoms with Crippen LogP contribution in [-0.2, 0) is 9.63 Å². The highest BCUT2D eigenvalue weighted by atomic mass is 16.7. The van der Waals surface area contributed by atoms with Gasteiger partial charge in [0.1, 0.15) is 6.10 Å². The second-order valence-electron chi connectivity index (χ2n) is 3.14. The van der Waals surface area contributed by atoms with E-state index in [2.05, 4.69) is 0 Å². The Morgan fingerprint density at radius 2 is 2.14 bits per heavy atom. The smallest absolute Gasteiger partial charge is 0.253 e. The zero-order valence-electron chi connectivity index (χ0n) is 7.59. The zero-order chi connectivity index (χ0) is 9.97. The number of amides is 1. The molecule has 0 saturated carbocycles. The molecule has 1 aromatic carbocycles. The first-order valence-corrected chi connectivity index (χ1v) is 4.47. The summed E-state index contributed by atoms with van der Waals surface area (Å²) in [6.07, 6.45) is -0.159. The molecule has 1 aliphatic rings. The van der Waals surface area contributed by atoms with E-state index in [0.717, 1.165) is 0 Å². The summed E-state index contributed by atoms with van der Waals surface area (Å²) in [5.74, 6) is -0.116. The van der Waals surface area contributed by atoms with Gasteiger partial charge in [-0.2, -0.15) is 5.06 Å². The lowest BCUT2D eigenvalue weighted by atomic mass is 10.2. The Kier molecular flexibility index (Phi) is 2.47. The third-order valence-corrected chi connectivity index (χ3v) is 2.08. The van der Waals surface area contributed by atoms with Gasteiger partial charge < -0.3 is 5.11 Å². The largest absolute Gasteiger partial charge is 0.394 e. The van der Waals surface area contributed by atoms with Crippen molar-refractivity contribution in [3.63, 3.8) is 0 Å². The zero-order valence-corrected chi connectivity index (χ0v) is 7.59. The fraction of sp³-hybridized carbons (Fsp3) is 0.300. The van der Waals surface area contributed by atoms with Gasteiger partial charge in [0, 0.05) is 0 Å². The topological polar surface area (TPSA) is 49.8 Å². The van der Waals surface area contributed by atoms with Gasteiger partial charge in [-0.25, -0.2) is 0 Å². The molecule has 2 rings (SSSR count). The van der Waals surface area contributed by atoms with Gasteiger partial charge in [-0.3, -0.25) is 9.63 Å². The summed E-state index contributed by atoms with van der Waals surface area (Å²) in [6, 6.07) is 9.11. The van der Waals surface area contributed by atoms with Crippen molar-refractivity contribution in [3.05, 3.63) is 30.3 Å². The first kappa shape index (κ1) is 9.18. The van der Waals surface area contributed by atoms with Gasteiger partial charge in [0.05, 0.1) is 18.7 Å². The van der Waals surface area contributed by atoms with Gasteiger partial charge in [-0.1, -0.05) is 18.2 Å². The number of rotatable bonds is 2. The molecule has 4 heteroatoms. The molecule has 1 atom stereocenters. The highest BCUT2D eigenvalue weighted by Crippen LogP contribution is 2.22. The number of carbonyl (C=O) groups excluding carboxylic acids is 1. The van der Waals surface area contributed by atoms with Crippen LogP contribution in [0.15, 0.2) is 30.3 Å². The van der Waals surface area contributed by atoms with Crippen molar-refractivity contribution in [3.8, 4) is 0 Å². The maximum absolute atomic E-state index is 11.4. The molecule has 14 heavy (non-hydrogen) atoms. The van der Waals surface area contributed by atoms with Crippen molar-refractivity contribution >= 4 is 11.6 Å². The Morgan fingerprint density at radius 3 is 2.71 bits per heavy atom. The monoisotopic (exact) mass is 193 g/mol. The van der Waals surface area contributed by atoms with Gasteiger partial charge in [0.15, 0.2) is 0 Å². The van der Waals surface area contributed by atoms with E-state index in [0.29, 0.717) is 5.69 Å². The van der Waals surface area contributed by atoms with E-state index in [1.807, 2.05) is 18.2 Å². The number of hydrogen-bond acceptors (Lipinski definition) is 3. The van der Waals surface area contributed by atoms with Gasteiger partial charge >= 0.3 is 0 Å². The SMILES string of the molecule is O=C1CC(CO)ON1c1ccccc1. The summed E-state index contributed by atoms with van der Waals surface area (Å²) >= 11 is 0. The number of carbonyl (C=O) groups is 1. The maximum Gasteiger partial charge on any atom is 0.253 e. The van der Waals surface area contributed by atoms with E-state index in [9.17, 15) is 4.79 Å². The van der Waals surface area contributed by atoms with Crippen LogP contribution < -0.4 is 5.06 Å². The van der Waals surface area contributed by atoms with Crippen LogP contribution in [0.25, 0.3) is 0 Å². The summed E-state index contributed by atoms with van der Waals surface area (Å²) in [7, 11) is 0. The third kappa shape index (κ3) is 1.62. The standard InChI is InChI=1S/C10H11NO3/c12-7-9-6-10(13)11(14-9)8-4-2-1-3-5-8/h1-5,9,12H,6-7H2. The number of aliphatic hydroxyl groups excluding tert-OH is 1. The Morgan fingerprint density at radius 1 is 1.43 bits per heavy atom. The third-order valence-electron chi connectivity index (χ3n) is 2.08. The molecule has 0 aliphatic carbocycles. The molecule has 1 amide bonds. The lowest BCUT2D eigenvalue weighted by Crippen LogP contribution is -2.23. The summed E-state index contributed by atoms with van der Waals surface area (Å²) < 4.78 is 0. The van der Waals surface area contributed by atoms with E-state index in [-0.39, 0.29) is 18.9 Å². The van der Waals surface area contributed by atoms with Crippen LogP contribution >= 0.6 is 0 Å². The number of hydrogen-bond donors (Lipinski definition) is 1. The Bertz CT molecular complexity index is 325. The molecule has 1 heterocycles. The molecular formula is C10H11NO3. The molecule has 0 radical (unpaired) electrons. The van der Waals surface area contributed by atoms with Crippen LogP contribution in [0, 0.1) is 0 Å². The highest BCUT2D eigenvalue weighted by Gasteiger charge is 2.31. The van der Waals surface area contributed by atoms with Crippen LogP contribution in [-0.4, -0.2) is 23.7 Å². The Balaban J connectivity index is 2.17. The van der Waals surface area contributed by atoms with Gasteiger partial charge in [-0.05, 0) is 12.1 Å². The molecule has 1 saturated heterocycles. The van der Waals surface area contributed by atoms with Gasteiger partial charge in [0.2, 0.25) is 0 Å². The minimum atomic E-state index is -0.400. The number of aliphatic hydroxyl groups is 1.